The molecule has 1 atom stereocenters. The fraction of sp³-hybridized carbons (Fsp3) is 0.533. The molecule has 0 aliphatic rings. The maximum absolute atomic E-state index is 10.2. The molecule has 4 heteroatoms. The molecular formula is C15H22N2O2. The zero-order chi connectivity index (χ0) is 13.7. The van der Waals surface area contributed by atoms with Crippen LogP contribution in [0.4, 0.5) is 0 Å². The molecule has 0 fully saturated rings. The quantitative estimate of drug-likeness (QED) is 0.780. The Balaban J connectivity index is 2.34. The van der Waals surface area contributed by atoms with Crippen molar-refractivity contribution in [2.75, 3.05) is 13.2 Å². The summed E-state index contributed by atoms with van der Waals surface area (Å²) in [6.45, 7) is 6.13. The van der Waals surface area contributed by atoms with Crippen molar-refractivity contribution in [3.8, 4) is 0 Å². The van der Waals surface area contributed by atoms with E-state index < -0.39 is 6.10 Å². The first-order valence-corrected chi connectivity index (χ1v) is 6.98. The molecule has 1 aromatic heterocycles. The summed E-state index contributed by atoms with van der Waals surface area (Å²) in [4.78, 5) is 4.57. The Hall–Kier alpha value is -1.39. The van der Waals surface area contributed by atoms with Gasteiger partial charge in [0.05, 0.1) is 17.6 Å². The van der Waals surface area contributed by atoms with Gasteiger partial charge < -0.3 is 14.4 Å². The number of nitrogens with zero attached hydrogens (tertiary/aromatic N) is 2. The maximum Gasteiger partial charge on any atom is 0.138 e. The summed E-state index contributed by atoms with van der Waals surface area (Å²) in [6, 6.07) is 7.99. The van der Waals surface area contributed by atoms with Crippen LogP contribution in [0.15, 0.2) is 24.3 Å². The summed E-state index contributed by atoms with van der Waals surface area (Å²) in [5.74, 6) is 0.753. The summed E-state index contributed by atoms with van der Waals surface area (Å²) in [7, 11) is 0. The lowest BCUT2D eigenvalue weighted by Crippen LogP contribution is -2.12. The van der Waals surface area contributed by atoms with E-state index in [0.717, 1.165) is 36.2 Å². The van der Waals surface area contributed by atoms with Crippen LogP contribution in [-0.2, 0) is 11.3 Å². The lowest BCUT2D eigenvalue weighted by Gasteiger charge is -2.13. The Morgan fingerprint density at radius 2 is 2.11 bits per heavy atom. The lowest BCUT2D eigenvalue weighted by atomic mass is 10.2. The molecular weight excluding hydrogens is 240 g/mol. The van der Waals surface area contributed by atoms with Gasteiger partial charge in [-0.05, 0) is 25.5 Å². The predicted molar refractivity (Wildman–Crippen MR) is 76.1 cm³/mol. The first-order chi connectivity index (χ1) is 9.27. The summed E-state index contributed by atoms with van der Waals surface area (Å²) in [5, 5.41) is 10.2. The number of hydrogen-bond acceptors (Lipinski definition) is 3. The molecule has 4 nitrogen and oxygen atoms in total. The van der Waals surface area contributed by atoms with Crippen LogP contribution < -0.4 is 0 Å². The van der Waals surface area contributed by atoms with Gasteiger partial charge in [-0.1, -0.05) is 25.5 Å². The van der Waals surface area contributed by atoms with E-state index in [1.54, 1.807) is 0 Å². The minimum atomic E-state index is -0.501. The third-order valence-corrected chi connectivity index (χ3v) is 3.21. The summed E-state index contributed by atoms with van der Waals surface area (Å²) >= 11 is 0. The van der Waals surface area contributed by atoms with Crippen LogP contribution in [0.5, 0.6) is 0 Å². The number of benzene rings is 1. The van der Waals surface area contributed by atoms with Gasteiger partial charge in [-0.3, -0.25) is 0 Å². The van der Waals surface area contributed by atoms with Crippen molar-refractivity contribution in [2.24, 2.45) is 0 Å². The standard InChI is InChI=1S/C15H22N2O2/c1-3-7-14(18)15-16-12-8-5-6-9-13(12)17(15)10-11-19-4-2/h5-6,8-9,14,18H,3-4,7,10-11H2,1-2H3. The smallest absolute Gasteiger partial charge is 0.138 e. The van der Waals surface area contributed by atoms with Crippen molar-refractivity contribution in [3.05, 3.63) is 30.1 Å². The normalized spacial score (nSPS) is 13.0. The number of aromatic nitrogens is 2. The van der Waals surface area contributed by atoms with Crippen molar-refractivity contribution in [1.29, 1.82) is 0 Å². The maximum atomic E-state index is 10.2. The molecule has 0 amide bonds. The van der Waals surface area contributed by atoms with E-state index >= 15 is 0 Å². The van der Waals surface area contributed by atoms with Crippen molar-refractivity contribution in [3.63, 3.8) is 0 Å². The van der Waals surface area contributed by atoms with Gasteiger partial charge in [-0.2, -0.15) is 0 Å². The number of fused-ring (bicyclic) bond motifs is 1. The third kappa shape index (κ3) is 3.14. The highest BCUT2D eigenvalue weighted by atomic mass is 16.5. The topological polar surface area (TPSA) is 47.3 Å². The van der Waals surface area contributed by atoms with Crippen molar-refractivity contribution in [1.82, 2.24) is 9.55 Å². The number of hydrogen-bond donors (Lipinski definition) is 1. The molecule has 104 valence electrons. The average Bonchev–Trinajstić information content (AvgIpc) is 2.79. The van der Waals surface area contributed by atoms with Crippen LogP contribution in [0.1, 0.15) is 38.6 Å². The molecule has 0 aliphatic carbocycles. The number of imidazole rings is 1. The minimum Gasteiger partial charge on any atom is -0.385 e. The Bertz CT molecular complexity index is 522. The highest BCUT2D eigenvalue weighted by Crippen LogP contribution is 2.23. The first kappa shape index (κ1) is 14.0. The molecule has 1 heterocycles. The van der Waals surface area contributed by atoms with Gasteiger partial charge in [0.25, 0.3) is 0 Å². The molecule has 0 aliphatic heterocycles. The Morgan fingerprint density at radius 1 is 1.32 bits per heavy atom. The average molecular weight is 262 g/mol. The number of aliphatic hydroxyl groups is 1. The summed E-state index contributed by atoms with van der Waals surface area (Å²) < 4.78 is 7.49. The monoisotopic (exact) mass is 262 g/mol. The van der Waals surface area contributed by atoms with Gasteiger partial charge in [0.2, 0.25) is 0 Å². The molecule has 1 N–H and O–H groups in total. The molecule has 2 rings (SSSR count). The summed E-state index contributed by atoms with van der Waals surface area (Å²) in [5.41, 5.74) is 2.00. The molecule has 0 bridgehead atoms. The van der Waals surface area contributed by atoms with Crippen LogP contribution in [0.25, 0.3) is 11.0 Å². The number of ether oxygens (including phenoxy) is 1. The van der Waals surface area contributed by atoms with Gasteiger partial charge in [-0.25, -0.2) is 4.98 Å². The number of aliphatic hydroxyl groups excluding tert-OH is 1. The van der Waals surface area contributed by atoms with Crippen LogP contribution in [0, 0.1) is 0 Å². The van der Waals surface area contributed by atoms with E-state index in [4.69, 9.17) is 4.74 Å². The number of para-hydroxylation sites is 2. The second kappa shape index (κ2) is 6.68. The molecule has 0 saturated carbocycles. The zero-order valence-electron chi connectivity index (χ0n) is 11.7. The molecule has 1 aromatic carbocycles. The molecule has 2 aromatic rings. The van der Waals surface area contributed by atoms with Crippen LogP contribution in [-0.4, -0.2) is 27.9 Å². The van der Waals surface area contributed by atoms with Crippen LogP contribution in [0.3, 0.4) is 0 Å². The highest BCUT2D eigenvalue weighted by molar-refractivity contribution is 5.76. The fourth-order valence-electron chi connectivity index (χ4n) is 2.29. The van der Waals surface area contributed by atoms with E-state index in [1.165, 1.54) is 0 Å². The minimum absolute atomic E-state index is 0.501. The van der Waals surface area contributed by atoms with E-state index in [-0.39, 0.29) is 0 Å². The van der Waals surface area contributed by atoms with Crippen LogP contribution >= 0.6 is 0 Å². The van der Waals surface area contributed by atoms with E-state index in [1.807, 2.05) is 31.2 Å². The summed E-state index contributed by atoms with van der Waals surface area (Å²) in [6.07, 6.45) is 1.17. The first-order valence-electron chi connectivity index (χ1n) is 6.98. The second-order valence-corrected chi connectivity index (χ2v) is 4.61. The second-order valence-electron chi connectivity index (χ2n) is 4.61. The molecule has 0 radical (unpaired) electrons. The Labute approximate surface area is 114 Å². The molecule has 0 spiro atoms. The lowest BCUT2D eigenvalue weighted by molar-refractivity contribution is 0.128. The van der Waals surface area contributed by atoms with Gasteiger partial charge in [-0.15, -0.1) is 0 Å². The third-order valence-electron chi connectivity index (χ3n) is 3.21. The Kier molecular flexibility index (Phi) is 4.93. The van der Waals surface area contributed by atoms with Crippen molar-refractivity contribution in [2.45, 2.75) is 39.3 Å². The predicted octanol–water partition coefficient (Wildman–Crippen LogP) is 2.91. The van der Waals surface area contributed by atoms with E-state index in [0.29, 0.717) is 13.2 Å². The highest BCUT2D eigenvalue weighted by Gasteiger charge is 2.16. The SMILES string of the molecule is CCCC(O)c1nc2ccccc2n1CCOCC. The largest absolute Gasteiger partial charge is 0.385 e. The van der Waals surface area contributed by atoms with Gasteiger partial charge in [0.1, 0.15) is 11.9 Å². The molecule has 1 unspecified atom stereocenters. The molecule has 0 saturated heterocycles. The van der Waals surface area contributed by atoms with Crippen molar-refractivity contribution >= 4 is 11.0 Å². The Morgan fingerprint density at radius 3 is 2.84 bits per heavy atom. The molecule has 19 heavy (non-hydrogen) atoms. The van der Waals surface area contributed by atoms with Crippen molar-refractivity contribution < 1.29 is 9.84 Å². The van der Waals surface area contributed by atoms with Gasteiger partial charge in [0.15, 0.2) is 0 Å². The number of rotatable bonds is 7. The fourth-order valence-corrected chi connectivity index (χ4v) is 2.29. The van der Waals surface area contributed by atoms with Gasteiger partial charge >= 0.3 is 0 Å². The zero-order valence-corrected chi connectivity index (χ0v) is 11.7. The van der Waals surface area contributed by atoms with E-state index in [2.05, 4.69) is 16.5 Å². The van der Waals surface area contributed by atoms with E-state index in [9.17, 15) is 5.11 Å². The van der Waals surface area contributed by atoms with Crippen LogP contribution in [0.2, 0.25) is 0 Å². The van der Waals surface area contributed by atoms with Gasteiger partial charge in [0, 0.05) is 13.2 Å².